The van der Waals surface area contributed by atoms with Crippen LogP contribution in [-0.4, -0.2) is 18.4 Å². The lowest BCUT2D eigenvalue weighted by Crippen LogP contribution is -2.20. The number of benzene rings is 1. The quantitative estimate of drug-likeness (QED) is 0.733. The van der Waals surface area contributed by atoms with Gasteiger partial charge < -0.3 is 4.90 Å². The first-order valence-corrected chi connectivity index (χ1v) is 4.94. The van der Waals surface area contributed by atoms with E-state index in [4.69, 9.17) is 23.2 Å². The molecule has 0 heterocycles. The van der Waals surface area contributed by atoms with Crippen molar-refractivity contribution in [2.45, 2.75) is 13.0 Å². The van der Waals surface area contributed by atoms with Crippen LogP contribution >= 0.6 is 23.2 Å². The second-order valence-electron chi connectivity index (χ2n) is 3.11. The molecule has 1 rings (SSSR count). The summed E-state index contributed by atoms with van der Waals surface area (Å²) in [5, 5.41) is 1.18. The van der Waals surface area contributed by atoms with E-state index in [-0.39, 0.29) is 6.04 Å². The molecule has 0 aromatic heterocycles. The molecule has 0 saturated heterocycles. The lowest BCUT2D eigenvalue weighted by molar-refractivity contribution is -0.118. The molecule has 1 amide bonds. The number of hydrogen-bond donors (Lipinski definition) is 0. The third-order valence-corrected chi connectivity index (χ3v) is 2.75. The van der Waals surface area contributed by atoms with E-state index in [2.05, 4.69) is 0 Å². The Labute approximate surface area is 93.4 Å². The van der Waals surface area contributed by atoms with Gasteiger partial charge in [-0.1, -0.05) is 29.3 Å². The Bertz CT molecular complexity index is 341. The van der Waals surface area contributed by atoms with E-state index in [9.17, 15) is 4.79 Å². The molecule has 0 fully saturated rings. The van der Waals surface area contributed by atoms with Gasteiger partial charge in [0.15, 0.2) is 0 Å². The van der Waals surface area contributed by atoms with Crippen molar-refractivity contribution in [2.24, 2.45) is 0 Å². The molecule has 1 unspecified atom stereocenters. The zero-order chi connectivity index (χ0) is 10.7. The molecule has 0 aliphatic rings. The maximum Gasteiger partial charge on any atom is 0.209 e. The molecule has 1 aromatic carbocycles. The third kappa shape index (κ3) is 2.40. The SMILES string of the molecule is CC(c1ccc(Cl)cc1Cl)N(C)C=O. The first-order valence-electron chi connectivity index (χ1n) is 4.18. The van der Waals surface area contributed by atoms with Crippen LogP contribution in [0.4, 0.5) is 0 Å². The molecule has 0 aliphatic heterocycles. The van der Waals surface area contributed by atoms with Crippen LogP contribution < -0.4 is 0 Å². The van der Waals surface area contributed by atoms with Gasteiger partial charge in [-0.2, -0.15) is 0 Å². The highest BCUT2D eigenvalue weighted by Gasteiger charge is 2.13. The number of rotatable bonds is 3. The van der Waals surface area contributed by atoms with E-state index < -0.39 is 0 Å². The lowest BCUT2D eigenvalue weighted by atomic mass is 10.1. The number of hydrogen-bond acceptors (Lipinski definition) is 1. The number of carbonyl (C=O) groups is 1. The van der Waals surface area contributed by atoms with Crippen molar-refractivity contribution in [2.75, 3.05) is 7.05 Å². The zero-order valence-electron chi connectivity index (χ0n) is 8.00. The van der Waals surface area contributed by atoms with Crippen LogP contribution in [0.25, 0.3) is 0 Å². The van der Waals surface area contributed by atoms with E-state index in [0.717, 1.165) is 12.0 Å². The maximum absolute atomic E-state index is 10.6. The number of nitrogens with zero attached hydrogens (tertiary/aromatic N) is 1. The second-order valence-corrected chi connectivity index (χ2v) is 3.96. The smallest absolute Gasteiger partial charge is 0.209 e. The topological polar surface area (TPSA) is 20.3 Å². The molecule has 1 atom stereocenters. The van der Waals surface area contributed by atoms with E-state index in [1.807, 2.05) is 13.0 Å². The normalized spacial score (nSPS) is 12.3. The van der Waals surface area contributed by atoms with Crippen molar-refractivity contribution in [3.63, 3.8) is 0 Å². The van der Waals surface area contributed by atoms with Gasteiger partial charge in [0.2, 0.25) is 6.41 Å². The maximum atomic E-state index is 10.6. The van der Waals surface area contributed by atoms with E-state index in [1.54, 1.807) is 24.1 Å². The average molecular weight is 232 g/mol. The number of amides is 1. The summed E-state index contributed by atoms with van der Waals surface area (Å²) < 4.78 is 0. The summed E-state index contributed by atoms with van der Waals surface area (Å²) in [5.74, 6) is 0. The molecule has 0 aliphatic carbocycles. The van der Waals surface area contributed by atoms with Gasteiger partial charge in [0.05, 0.1) is 6.04 Å². The van der Waals surface area contributed by atoms with Gasteiger partial charge in [-0.25, -0.2) is 0 Å². The predicted molar refractivity (Wildman–Crippen MR) is 58.7 cm³/mol. The monoisotopic (exact) mass is 231 g/mol. The van der Waals surface area contributed by atoms with Crippen molar-refractivity contribution < 1.29 is 4.79 Å². The summed E-state index contributed by atoms with van der Waals surface area (Å²) in [6.45, 7) is 1.91. The molecule has 1 aromatic rings. The highest BCUT2D eigenvalue weighted by atomic mass is 35.5. The first-order chi connectivity index (χ1) is 6.56. The minimum Gasteiger partial charge on any atom is -0.342 e. The van der Waals surface area contributed by atoms with E-state index in [0.29, 0.717) is 10.0 Å². The standard InChI is InChI=1S/C10H11Cl2NO/c1-7(13(2)6-14)9-4-3-8(11)5-10(9)12/h3-7H,1-2H3. The molecule has 0 N–H and O–H groups in total. The highest BCUT2D eigenvalue weighted by Crippen LogP contribution is 2.28. The molecule has 2 nitrogen and oxygen atoms in total. The molecule has 4 heteroatoms. The molecule has 0 radical (unpaired) electrons. The van der Waals surface area contributed by atoms with Crippen molar-refractivity contribution in [1.29, 1.82) is 0 Å². The Morgan fingerprint density at radius 1 is 1.43 bits per heavy atom. The predicted octanol–water partition coefficient (Wildman–Crippen LogP) is 3.14. The summed E-state index contributed by atoms with van der Waals surface area (Å²) in [5.41, 5.74) is 0.894. The zero-order valence-corrected chi connectivity index (χ0v) is 9.51. The largest absolute Gasteiger partial charge is 0.342 e. The third-order valence-electron chi connectivity index (χ3n) is 2.19. The molecular weight excluding hydrogens is 221 g/mol. The lowest BCUT2D eigenvalue weighted by Gasteiger charge is -2.21. The first kappa shape index (κ1) is 11.3. The molecule has 14 heavy (non-hydrogen) atoms. The Balaban J connectivity index is 3.01. The van der Waals surface area contributed by atoms with Crippen LogP contribution in [0.1, 0.15) is 18.5 Å². The summed E-state index contributed by atoms with van der Waals surface area (Å²) in [6.07, 6.45) is 0.773. The fourth-order valence-corrected chi connectivity index (χ4v) is 1.72. The van der Waals surface area contributed by atoms with Crippen molar-refractivity contribution in [1.82, 2.24) is 4.90 Å². The Kier molecular flexibility index (Phi) is 3.78. The van der Waals surface area contributed by atoms with Gasteiger partial charge in [-0.15, -0.1) is 0 Å². The summed E-state index contributed by atoms with van der Waals surface area (Å²) >= 11 is 11.8. The van der Waals surface area contributed by atoms with Gasteiger partial charge in [0.25, 0.3) is 0 Å². The van der Waals surface area contributed by atoms with Gasteiger partial charge in [-0.3, -0.25) is 4.79 Å². The van der Waals surface area contributed by atoms with Crippen molar-refractivity contribution in [3.8, 4) is 0 Å². The van der Waals surface area contributed by atoms with E-state index in [1.165, 1.54) is 0 Å². The van der Waals surface area contributed by atoms with Crippen molar-refractivity contribution >= 4 is 29.6 Å². The molecule has 0 saturated carbocycles. The van der Waals surface area contributed by atoms with Crippen LogP contribution in [0, 0.1) is 0 Å². The van der Waals surface area contributed by atoms with Crippen LogP contribution in [0.5, 0.6) is 0 Å². The molecule has 0 spiro atoms. The minimum absolute atomic E-state index is 0.0442. The number of carbonyl (C=O) groups excluding carboxylic acids is 1. The fourth-order valence-electron chi connectivity index (χ4n) is 1.15. The molecule has 0 bridgehead atoms. The average Bonchev–Trinajstić information content (AvgIpc) is 2.15. The Morgan fingerprint density at radius 3 is 2.57 bits per heavy atom. The van der Waals surface area contributed by atoms with Gasteiger partial charge in [-0.05, 0) is 24.6 Å². The highest BCUT2D eigenvalue weighted by molar-refractivity contribution is 6.35. The number of halogens is 2. The van der Waals surface area contributed by atoms with Crippen LogP contribution in [0.2, 0.25) is 10.0 Å². The van der Waals surface area contributed by atoms with Gasteiger partial charge in [0.1, 0.15) is 0 Å². The van der Waals surface area contributed by atoms with Gasteiger partial charge >= 0.3 is 0 Å². The molecular formula is C10H11Cl2NO. The second kappa shape index (κ2) is 4.67. The Hall–Kier alpha value is -0.730. The van der Waals surface area contributed by atoms with Crippen LogP contribution in [-0.2, 0) is 4.79 Å². The van der Waals surface area contributed by atoms with E-state index >= 15 is 0 Å². The summed E-state index contributed by atoms with van der Waals surface area (Å²) in [4.78, 5) is 12.1. The summed E-state index contributed by atoms with van der Waals surface area (Å²) in [6, 6.07) is 5.22. The van der Waals surface area contributed by atoms with Crippen molar-refractivity contribution in [3.05, 3.63) is 33.8 Å². The summed E-state index contributed by atoms with van der Waals surface area (Å²) in [7, 11) is 1.71. The van der Waals surface area contributed by atoms with Crippen LogP contribution in [0.15, 0.2) is 18.2 Å². The molecule has 76 valence electrons. The van der Waals surface area contributed by atoms with Crippen LogP contribution in [0.3, 0.4) is 0 Å². The fraction of sp³-hybridized carbons (Fsp3) is 0.300. The van der Waals surface area contributed by atoms with Gasteiger partial charge in [0, 0.05) is 17.1 Å². The minimum atomic E-state index is -0.0442. The Morgan fingerprint density at radius 2 is 2.07 bits per heavy atom.